The van der Waals surface area contributed by atoms with Gasteiger partial charge in [-0.2, -0.15) is 0 Å². The monoisotopic (exact) mass is 364 g/mol. The van der Waals surface area contributed by atoms with Crippen LogP contribution in [0.5, 0.6) is 0 Å². The molecule has 3 heterocycles. The smallest absolute Gasteiger partial charge is 0.273 e. The number of carbonyl (C=O) groups is 1. The van der Waals surface area contributed by atoms with Gasteiger partial charge in [0.15, 0.2) is 10.8 Å². The number of amides is 1. The maximum atomic E-state index is 13.0. The van der Waals surface area contributed by atoms with Crippen LogP contribution in [-0.4, -0.2) is 38.8 Å². The molecule has 26 heavy (non-hydrogen) atoms. The van der Waals surface area contributed by atoms with Crippen molar-refractivity contribution in [2.75, 3.05) is 13.1 Å². The lowest BCUT2D eigenvalue weighted by Crippen LogP contribution is -2.30. The highest BCUT2D eigenvalue weighted by molar-refractivity contribution is 7.13. The number of hydrogen-bond donors (Lipinski definition) is 0. The lowest BCUT2D eigenvalue weighted by molar-refractivity contribution is 0.0773. The van der Waals surface area contributed by atoms with E-state index < -0.39 is 0 Å². The summed E-state index contributed by atoms with van der Waals surface area (Å²) in [5.74, 6) is 0.860. The minimum absolute atomic E-state index is 0.0186. The Labute approximate surface area is 156 Å². The Morgan fingerprint density at radius 3 is 2.62 bits per heavy atom. The predicted octanol–water partition coefficient (Wildman–Crippen LogP) is 3.87. The quantitative estimate of drug-likeness (QED) is 0.708. The zero-order chi connectivity index (χ0) is 18.1. The maximum Gasteiger partial charge on any atom is 0.273 e. The molecule has 1 atom stereocenters. The molecule has 0 unspecified atom stereocenters. The number of nitrogens with zero attached hydrogens (tertiary/aromatic N) is 4. The number of likely N-dealkylation sites (tertiary alicyclic amines) is 1. The van der Waals surface area contributed by atoms with Gasteiger partial charge >= 0.3 is 0 Å². The Hall–Kier alpha value is -2.60. The minimum Gasteiger partial charge on any atom is -0.336 e. The summed E-state index contributed by atoms with van der Waals surface area (Å²) in [6.07, 6.45) is 3.36. The van der Waals surface area contributed by atoms with Crippen LogP contribution >= 0.6 is 11.3 Å². The Kier molecular flexibility index (Phi) is 4.28. The summed E-state index contributed by atoms with van der Waals surface area (Å²) < 4.78 is 0. The Balaban J connectivity index is 1.55. The van der Waals surface area contributed by atoms with Crippen molar-refractivity contribution in [2.24, 2.45) is 5.41 Å². The van der Waals surface area contributed by atoms with E-state index in [2.05, 4.69) is 53.1 Å². The molecule has 1 aromatic carbocycles. The highest BCUT2D eigenvalue weighted by Gasteiger charge is 2.42. The summed E-state index contributed by atoms with van der Waals surface area (Å²) in [7, 11) is 0. The Morgan fingerprint density at radius 1 is 1.15 bits per heavy atom. The van der Waals surface area contributed by atoms with Crippen molar-refractivity contribution in [3.05, 3.63) is 65.4 Å². The maximum absolute atomic E-state index is 13.0. The largest absolute Gasteiger partial charge is 0.336 e. The normalized spacial score (nSPS) is 18.8. The molecule has 3 aromatic rings. The molecule has 1 saturated heterocycles. The number of benzene rings is 1. The molecule has 0 saturated carbocycles. The van der Waals surface area contributed by atoms with E-state index in [9.17, 15) is 4.79 Å². The van der Waals surface area contributed by atoms with Gasteiger partial charge in [-0.3, -0.25) is 4.79 Å². The molecule has 0 bridgehead atoms. The fourth-order valence-corrected chi connectivity index (χ4v) is 4.32. The molecule has 6 heteroatoms. The first kappa shape index (κ1) is 16.8. The van der Waals surface area contributed by atoms with Gasteiger partial charge in [-0.25, -0.2) is 15.0 Å². The molecule has 1 amide bonds. The molecule has 0 aliphatic carbocycles. The summed E-state index contributed by atoms with van der Waals surface area (Å²) in [4.78, 5) is 27.8. The summed E-state index contributed by atoms with van der Waals surface area (Å²) in [5, 5.41) is 2.48. The molecule has 0 N–H and O–H groups in total. The highest BCUT2D eigenvalue weighted by Crippen LogP contribution is 2.42. The third kappa shape index (κ3) is 3.12. The second-order valence-corrected chi connectivity index (χ2v) is 8.11. The van der Waals surface area contributed by atoms with Crippen LogP contribution in [0.1, 0.15) is 35.8 Å². The summed E-state index contributed by atoms with van der Waals surface area (Å²) in [6.45, 7) is 5.88. The first-order valence-electron chi connectivity index (χ1n) is 8.62. The van der Waals surface area contributed by atoms with Gasteiger partial charge in [-0.15, -0.1) is 11.3 Å². The lowest BCUT2D eigenvalue weighted by atomic mass is 9.78. The highest BCUT2D eigenvalue weighted by atomic mass is 32.1. The van der Waals surface area contributed by atoms with Gasteiger partial charge in [0.2, 0.25) is 0 Å². The predicted molar refractivity (Wildman–Crippen MR) is 102 cm³/mol. The summed E-state index contributed by atoms with van der Waals surface area (Å²) in [6, 6.07) is 12.2. The molecule has 4 rings (SSSR count). The van der Waals surface area contributed by atoms with Crippen LogP contribution in [0.2, 0.25) is 0 Å². The van der Waals surface area contributed by atoms with E-state index in [1.807, 2.05) is 11.0 Å². The molecule has 5 nitrogen and oxygen atoms in total. The average Bonchev–Trinajstić information content (AvgIpc) is 3.27. The van der Waals surface area contributed by atoms with E-state index in [-0.39, 0.29) is 11.3 Å². The SMILES string of the molecule is CC1(C)CN(C(=O)c2csc(-c3ncccn3)n2)C[C@@H]1c1ccccc1. The van der Waals surface area contributed by atoms with Crippen LogP contribution in [-0.2, 0) is 0 Å². The zero-order valence-corrected chi connectivity index (χ0v) is 15.6. The number of thiazole rings is 1. The first-order valence-corrected chi connectivity index (χ1v) is 9.50. The van der Waals surface area contributed by atoms with Gasteiger partial charge in [-0.1, -0.05) is 44.2 Å². The zero-order valence-electron chi connectivity index (χ0n) is 14.8. The molecule has 2 aromatic heterocycles. The molecule has 0 spiro atoms. The van der Waals surface area contributed by atoms with Crippen molar-refractivity contribution in [2.45, 2.75) is 19.8 Å². The van der Waals surface area contributed by atoms with Gasteiger partial charge in [0.1, 0.15) is 5.69 Å². The van der Waals surface area contributed by atoms with Crippen LogP contribution in [0, 0.1) is 5.41 Å². The molecule has 1 aliphatic rings. The van der Waals surface area contributed by atoms with Crippen molar-refractivity contribution in [1.29, 1.82) is 0 Å². The fraction of sp³-hybridized carbons (Fsp3) is 0.300. The second kappa shape index (κ2) is 6.61. The van der Waals surface area contributed by atoms with Crippen molar-refractivity contribution >= 4 is 17.2 Å². The van der Waals surface area contributed by atoms with Crippen molar-refractivity contribution < 1.29 is 4.79 Å². The van der Waals surface area contributed by atoms with E-state index >= 15 is 0 Å². The molecule has 1 aliphatic heterocycles. The van der Waals surface area contributed by atoms with Crippen molar-refractivity contribution in [3.63, 3.8) is 0 Å². The van der Waals surface area contributed by atoms with Gasteiger partial charge < -0.3 is 4.90 Å². The Morgan fingerprint density at radius 2 is 1.88 bits per heavy atom. The average molecular weight is 364 g/mol. The topological polar surface area (TPSA) is 59.0 Å². The molecular weight excluding hydrogens is 344 g/mol. The van der Waals surface area contributed by atoms with E-state index in [0.717, 1.165) is 6.54 Å². The van der Waals surface area contributed by atoms with Crippen LogP contribution < -0.4 is 0 Å². The van der Waals surface area contributed by atoms with Crippen LogP contribution in [0.15, 0.2) is 54.2 Å². The standard InChI is InChI=1S/C20H20N4OS/c1-20(2)13-24(11-15(20)14-7-4-3-5-8-14)19(25)16-12-26-18(23-16)17-21-9-6-10-22-17/h3-10,12,15H,11,13H2,1-2H3/t15-/m1/s1. The first-order chi connectivity index (χ1) is 12.5. The number of rotatable bonds is 3. The number of carbonyl (C=O) groups excluding carboxylic acids is 1. The fourth-order valence-electron chi connectivity index (χ4n) is 3.58. The molecular formula is C20H20N4OS. The van der Waals surface area contributed by atoms with Gasteiger partial charge in [0, 0.05) is 36.8 Å². The third-order valence-corrected chi connectivity index (χ3v) is 5.75. The lowest BCUT2D eigenvalue weighted by Gasteiger charge is -2.25. The van der Waals surface area contributed by atoms with E-state index in [1.54, 1.807) is 23.8 Å². The number of hydrogen-bond acceptors (Lipinski definition) is 5. The van der Waals surface area contributed by atoms with Gasteiger partial charge in [-0.05, 0) is 17.0 Å². The second-order valence-electron chi connectivity index (χ2n) is 7.25. The van der Waals surface area contributed by atoms with Gasteiger partial charge in [0.05, 0.1) is 0 Å². The van der Waals surface area contributed by atoms with Crippen LogP contribution in [0.4, 0.5) is 0 Å². The van der Waals surface area contributed by atoms with Crippen LogP contribution in [0.3, 0.4) is 0 Å². The summed E-state index contributed by atoms with van der Waals surface area (Å²) in [5.41, 5.74) is 1.78. The minimum atomic E-state index is -0.0186. The van der Waals surface area contributed by atoms with Crippen molar-refractivity contribution in [3.8, 4) is 10.8 Å². The number of aromatic nitrogens is 3. The molecule has 0 radical (unpaired) electrons. The Bertz CT molecular complexity index is 908. The van der Waals surface area contributed by atoms with Crippen LogP contribution in [0.25, 0.3) is 10.8 Å². The summed E-state index contributed by atoms with van der Waals surface area (Å²) >= 11 is 1.40. The molecule has 1 fully saturated rings. The third-order valence-electron chi connectivity index (χ3n) is 4.91. The van der Waals surface area contributed by atoms with Gasteiger partial charge in [0.25, 0.3) is 5.91 Å². The van der Waals surface area contributed by atoms with E-state index in [4.69, 9.17) is 0 Å². The van der Waals surface area contributed by atoms with Crippen molar-refractivity contribution in [1.82, 2.24) is 19.9 Å². The van der Waals surface area contributed by atoms with E-state index in [0.29, 0.717) is 29.0 Å². The van der Waals surface area contributed by atoms with E-state index in [1.165, 1.54) is 16.9 Å². The molecule has 132 valence electrons.